The van der Waals surface area contributed by atoms with Crippen LogP contribution in [-0.4, -0.2) is 30.8 Å². The topological polar surface area (TPSA) is 68.5 Å². The van der Waals surface area contributed by atoms with Crippen molar-refractivity contribution in [1.82, 2.24) is 24.7 Å². The maximum atomic E-state index is 4.60. The first-order valence-corrected chi connectivity index (χ1v) is 8.06. The van der Waals surface area contributed by atoms with Gasteiger partial charge in [-0.3, -0.25) is 9.67 Å². The van der Waals surface area contributed by atoms with Crippen LogP contribution < -0.4 is 5.32 Å². The number of nitrogens with one attached hydrogen (secondary N) is 1. The lowest BCUT2D eigenvalue weighted by atomic mass is 10.3. The third kappa shape index (κ3) is 3.76. The number of rotatable bonds is 5. The molecule has 0 saturated heterocycles. The first-order valence-electron chi connectivity index (χ1n) is 8.06. The van der Waals surface area contributed by atoms with Crippen LogP contribution >= 0.6 is 0 Å². The Balaban J connectivity index is 1.77. The van der Waals surface area contributed by atoms with E-state index >= 15 is 0 Å². The molecule has 1 atom stereocenters. The second-order valence-corrected chi connectivity index (χ2v) is 6.09. The summed E-state index contributed by atoms with van der Waals surface area (Å²) in [6.07, 6.45) is 1.75. The Morgan fingerprint density at radius 3 is 2.58 bits per heavy atom. The molecule has 1 N–H and O–H groups in total. The van der Waals surface area contributed by atoms with Crippen molar-refractivity contribution in [2.75, 3.05) is 5.32 Å². The van der Waals surface area contributed by atoms with Crippen molar-refractivity contribution in [3.05, 3.63) is 53.6 Å². The Morgan fingerprint density at radius 2 is 1.92 bits per heavy atom. The molecule has 3 aromatic rings. The molecular weight excluding hydrogens is 300 g/mol. The molecule has 6 nitrogen and oxygen atoms in total. The molecule has 0 aliphatic rings. The second kappa shape index (κ2) is 6.78. The molecular formula is C18H22N6. The van der Waals surface area contributed by atoms with Crippen LogP contribution in [0.5, 0.6) is 0 Å². The summed E-state index contributed by atoms with van der Waals surface area (Å²) in [4.78, 5) is 13.4. The standard InChI is InChI=1S/C18H22N6/c1-12-10-17(22-18(21-12)16-7-5-6-8-19-16)20-14(3)11-24-15(4)9-13(2)23-24/h5-10,14H,11H2,1-4H3,(H,20,21,22)/t14-/m0/s1. The van der Waals surface area contributed by atoms with Gasteiger partial charge in [0.05, 0.1) is 12.2 Å². The van der Waals surface area contributed by atoms with E-state index in [0.717, 1.165) is 35.1 Å². The highest BCUT2D eigenvalue weighted by Crippen LogP contribution is 2.16. The van der Waals surface area contributed by atoms with Gasteiger partial charge in [0.25, 0.3) is 0 Å². The number of aryl methyl sites for hydroxylation is 3. The Labute approximate surface area is 142 Å². The minimum Gasteiger partial charge on any atom is -0.366 e. The Kier molecular flexibility index (Phi) is 4.55. The third-order valence-corrected chi connectivity index (χ3v) is 3.69. The molecule has 24 heavy (non-hydrogen) atoms. The van der Waals surface area contributed by atoms with Gasteiger partial charge in [-0.25, -0.2) is 9.97 Å². The van der Waals surface area contributed by atoms with E-state index in [1.54, 1.807) is 6.20 Å². The first-order chi connectivity index (χ1) is 11.5. The molecule has 0 bridgehead atoms. The van der Waals surface area contributed by atoms with Crippen molar-refractivity contribution in [2.24, 2.45) is 0 Å². The van der Waals surface area contributed by atoms with Crippen LogP contribution in [0.2, 0.25) is 0 Å². The van der Waals surface area contributed by atoms with E-state index in [-0.39, 0.29) is 6.04 Å². The molecule has 6 heteroatoms. The summed E-state index contributed by atoms with van der Waals surface area (Å²) in [5.74, 6) is 1.44. The lowest BCUT2D eigenvalue weighted by Crippen LogP contribution is -2.24. The lowest BCUT2D eigenvalue weighted by Gasteiger charge is -2.16. The fraction of sp³-hybridized carbons (Fsp3) is 0.333. The maximum absolute atomic E-state index is 4.60. The number of nitrogens with zero attached hydrogens (tertiary/aromatic N) is 5. The second-order valence-electron chi connectivity index (χ2n) is 6.09. The number of aromatic nitrogens is 5. The SMILES string of the molecule is Cc1cc(N[C@@H](C)Cn2nc(C)cc2C)nc(-c2ccccn2)n1. The zero-order valence-electron chi connectivity index (χ0n) is 14.5. The lowest BCUT2D eigenvalue weighted by molar-refractivity contribution is 0.544. The van der Waals surface area contributed by atoms with Gasteiger partial charge in [0.2, 0.25) is 0 Å². The van der Waals surface area contributed by atoms with Crippen molar-refractivity contribution in [3.63, 3.8) is 0 Å². The highest BCUT2D eigenvalue weighted by atomic mass is 15.3. The van der Waals surface area contributed by atoms with E-state index in [1.807, 2.05) is 42.8 Å². The summed E-state index contributed by atoms with van der Waals surface area (Å²) in [5, 5.41) is 7.95. The van der Waals surface area contributed by atoms with Gasteiger partial charge in [-0.2, -0.15) is 5.10 Å². The van der Waals surface area contributed by atoms with E-state index in [0.29, 0.717) is 5.82 Å². The van der Waals surface area contributed by atoms with Crippen LogP contribution in [0.25, 0.3) is 11.5 Å². The van der Waals surface area contributed by atoms with Gasteiger partial charge in [0, 0.05) is 29.7 Å². The van der Waals surface area contributed by atoms with Gasteiger partial charge in [0.1, 0.15) is 11.5 Å². The number of pyridine rings is 1. The van der Waals surface area contributed by atoms with E-state index in [4.69, 9.17) is 0 Å². The molecule has 0 amide bonds. The van der Waals surface area contributed by atoms with Gasteiger partial charge >= 0.3 is 0 Å². The minimum absolute atomic E-state index is 0.189. The summed E-state index contributed by atoms with van der Waals surface area (Å²) in [7, 11) is 0. The van der Waals surface area contributed by atoms with Gasteiger partial charge in [-0.05, 0) is 45.9 Å². The summed E-state index contributed by atoms with van der Waals surface area (Å²) < 4.78 is 2.01. The number of anilines is 1. The summed E-state index contributed by atoms with van der Waals surface area (Å²) in [6.45, 7) is 8.94. The first kappa shape index (κ1) is 16.1. The number of hydrogen-bond donors (Lipinski definition) is 1. The van der Waals surface area contributed by atoms with E-state index in [9.17, 15) is 0 Å². The summed E-state index contributed by atoms with van der Waals surface area (Å²) >= 11 is 0. The molecule has 3 aromatic heterocycles. The number of hydrogen-bond acceptors (Lipinski definition) is 5. The monoisotopic (exact) mass is 322 g/mol. The molecule has 0 saturated carbocycles. The normalized spacial score (nSPS) is 12.2. The predicted octanol–water partition coefficient (Wildman–Crippen LogP) is 3.16. The molecule has 0 aromatic carbocycles. The average molecular weight is 322 g/mol. The van der Waals surface area contributed by atoms with Crippen LogP contribution in [-0.2, 0) is 6.54 Å². The highest BCUT2D eigenvalue weighted by Gasteiger charge is 2.10. The van der Waals surface area contributed by atoms with Crippen molar-refractivity contribution < 1.29 is 0 Å². The maximum Gasteiger partial charge on any atom is 0.180 e. The molecule has 0 aliphatic heterocycles. The van der Waals surface area contributed by atoms with E-state index in [2.05, 4.69) is 45.3 Å². The third-order valence-electron chi connectivity index (χ3n) is 3.69. The Hall–Kier alpha value is -2.76. The van der Waals surface area contributed by atoms with Crippen LogP contribution in [0.4, 0.5) is 5.82 Å². The van der Waals surface area contributed by atoms with Gasteiger partial charge in [-0.1, -0.05) is 6.07 Å². The van der Waals surface area contributed by atoms with Crippen molar-refractivity contribution in [1.29, 1.82) is 0 Å². The van der Waals surface area contributed by atoms with Crippen molar-refractivity contribution in [2.45, 2.75) is 40.3 Å². The predicted molar refractivity (Wildman–Crippen MR) is 94.8 cm³/mol. The molecule has 3 heterocycles. The zero-order chi connectivity index (χ0) is 17.1. The molecule has 0 radical (unpaired) electrons. The fourth-order valence-electron chi connectivity index (χ4n) is 2.67. The van der Waals surface area contributed by atoms with Crippen LogP contribution in [0.1, 0.15) is 24.0 Å². The Morgan fingerprint density at radius 1 is 1.08 bits per heavy atom. The molecule has 0 aliphatic carbocycles. The quantitative estimate of drug-likeness (QED) is 0.781. The average Bonchev–Trinajstić information content (AvgIpc) is 2.85. The van der Waals surface area contributed by atoms with Crippen molar-refractivity contribution >= 4 is 5.82 Å². The molecule has 124 valence electrons. The smallest absolute Gasteiger partial charge is 0.180 e. The van der Waals surface area contributed by atoms with Crippen LogP contribution in [0, 0.1) is 20.8 Å². The van der Waals surface area contributed by atoms with Crippen LogP contribution in [0.3, 0.4) is 0 Å². The summed E-state index contributed by atoms with van der Waals surface area (Å²) in [5.41, 5.74) is 3.88. The van der Waals surface area contributed by atoms with Gasteiger partial charge < -0.3 is 5.32 Å². The molecule has 0 unspecified atom stereocenters. The molecule has 0 spiro atoms. The van der Waals surface area contributed by atoms with Gasteiger partial charge in [0.15, 0.2) is 5.82 Å². The summed E-state index contributed by atoms with van der Waals surface area (Å²) in [6, 6.07) is 9.96. The zero-order valence-corrected chi connectivity index (χ0v) is 14.5. The largest absolute Gasteiger partial charge is 0.366 e. The molecule has 0 fully saturated rings. The highest BCUT2D eigenvalue weighted by molar-refractivity contribution is 5.52. The van der Waals surface area contributed by atoms with Crippen molar-refractivity contribution in [3.8, 4) is 11.5 Å². The minimum atomic E-state index is 0.189. The van der Waals surface area contributed by atoms with E-state index in [1.165, 1.54) is 0 Å². The van der Waals surface area contributed by atoms with E-state index < -0.39 is 0 Å². The molecule has 3 rings (SSSR count). The fourth-order valence-corrected chi connectivity index (χ4v) is 2.67. The Bertz CT molecular complexity index is 825. The van der Waals surface area contributed by atoms with Crippen LogP contribution in [0.15, 0.2) is 36.5 Å². The van der Waals surface area contributed by atoms with Gasteiger partial charge in [-0.15, -0.1) is 0 Å².